The molecule has 1 aromatic rings. The third-order valence-electron chi connectivity index (χ3n) is 3.52. The van der Waals surface area contributed by atoms with Gasteiger partial charge in [0.15, 0.2) is 0 Å². The Morgan fingerprint density at radius 2 is 1.71 bits per heavy atom. The molecule has 2 N–H and O–H groups in total. The van der Waals surface area contributed by atoms with E-state index < -0.39 is 5.41 Å². The van der Waals surface area contributed by atoms with E-state index in [1.807, 2.05) is 31.2 Å². The van der Waals surface area contributed by atoms with Crippen LogP contribution in [-0.4, -0.2) is 23.4 Å². The molecule has 0 aliphatic heterocycles. The summed E-state index contributed by atoms with van der Waals surface area (Å²) in [5.41, 5.74) is 1.72. The molecule has 0 aliphatic carbocycles. The molecule has 0 atom stereocenters. The first-order valence-electron chi connectivity index (χ1n) is 6.33. The lowest BCUT2D eigenvalue weighted by molar-refractivity contribution is 0.104. The van der Waals surface area contributed by atoms with E-state index in [9.17, 15) is 10.2 Å². The summed E-state index contributed by atoms with van der Waals surface area (Å²) in [5.74, 6) is 0.580. The molecule has 0 heterocycles. The SMILES string of the molecule is Cc1ccccc1C(CO)(CO)CCC(C)C. The van der Waals surface area contributed by atoms with Gasteiger partial charge in [0, 0.05) is 5.41 Å². The van der Waals surface area contributed by atoms with Crippen molar-refractivity contribution in [1.29, 1.82) is 0 Å². The van der Waals surface area contributed by atoms with E-state index in [-0.39, 0.29) is 13.2 Å². The monoisotopic (exact) mass is 236 g/mol. The molecule has 2 heteroatoms. The van der Waals surface area contributed by atoms with Crippen molar-refractivity contribution in [2.24, 2.45) is 5.92 Å². The molecule has 0 fully saturated rings. The number of hydrogen-bond donors (Lipinski definition) is 2. The molecule has 1 aromatic carbocycles. The van der Waals surface area contributed by atoms with Crippen molar-refractivity contribution < 1.29 is 10.2 Å². The molecule has 0 bridgehead atoms. The van der Waals surface area contributed by atoms with Gasteiger partial charge >= 0.3 is 0 Å². The summed E-state index contributed by atoms with van der Waals surface area (Å²) in [6, 6.07) is 8.01. The molecular weight excluding hydrogens is 212 g/mol. The first-order chi connectivity index (χ1) is 8.05. The molecule has 0 saturated heterocycles. The number of aliphatic hydroxyl groups is 2. The second kappa shape index (κ2) is 6.18. The Kier molecular flexibility index (Phi) is 5.16. The van der Waals surface area contributed by atoms with Gasteiger partial charge in [-0.3, -0.25) is 0 Å². The maximum Gasteiger partial charge on any atom is 0.0550 e. The summed E-state index contributed by atoms with van der Waals surface area (Å²) in [5, 5.41) is 19.4. The van der Waals surface area contributed by atoms with Crippen molar-refractivity contribution in [2.75, 3.05) is 13.2 Å². The normalized spacial score (nSPS) is 12.1. The first kappa shape index (κ1) is 14.2. The molecule has 17 heavy (non-hydrogen) atoms. The van der Waals surface area contributed by atoms with Gasteiger partial charge in [0.05, 0.1) is 13.2 Å². The van der Waals surface area contributed by atoms with E-state index in [2.05, 4.69) is 13.8 Å². The minimum absolute atomic E-state index is 0.00106. The predicted octanol–water partition coefficient (Wildman–Crippen LogP) is 2.65. The van der Waals surface area contributed by atoms with Crippen molar-refractivity contribution in [1.82, 2.24) is 0 Å². The Labute approximate surface area is 104 Å². The molecule has 1 rings (SSSR count). The quantitative estimate of drug-likeness (QED) is 0.797. The minimum Gasteiger partial charge on any atom is -0.395 e. The maximum absolute atomic E-state index is 9.71. The molecule has 2 nitrogen and oxygen atoms in total. The van der Waals surface area contributed by atoms with E-state index in [4.69, 9.17) is 0 Å². The van der Waals surface area contributed by atoms with Crippen molar-refractivity contribution in [3.63, 3.8) is 0 Å². The van der Waals surface area contributed by atoms with Crippen LogP contribution in [-0.2, 0) is 5.41 Å². The highest BCUT2D eigenvalue weighted by Crippen LogP contribution is 2.32. The number of hydrogen-bond acceptors (Lipinski definition) is 2. The lowest BCUT2D eigenvalue weighted by Crippen LogP contribution is -2.36. The van der Waals surface area contributed by atoms with Crippen LogP contribution >= 0.6 is 0 Å². The predicted molar refractivity (Wildman–Crippen MR) is 71.1 cm³/mol. The first-order valence-corrected chi connectivity index (χ1v) is 6.33. The summed E-state index contributed by atoms with van der Waals surface area (Å²) >= 11 is 0. The minimum atomic E-state index is -0.490. The van der Waals surface area contributed by atoms with Gasteiger partial charge in [-0.2, -0.15) is 0 Å². The largest absolute Gasteiger partial charge is 0.395 e. The van der Waals surface area contributed by atoms with Crippen LogP contribution in [0.4, 0.5) is 0 Å². The van der Waals surface area contributed by atoms with E-state index in [1.165, 1.54) is 0 Å². The zero-order chi connectivity index (χ0) is 12.9. The molecule has 96 valence electrons. The van der Waals surface area contributed by atoms with Gasteiger partial charge in [0.25, 0.3) is 0 Å². The maximum atomic E-state index is 9.71. The van der Waals surface area contributed by atoms with Crippen molar-refractivity contribution in [3.05, 3.63) is 35.4 Å². The molecule has 0 aromatic heterocycles. The third-order valence-corrected chi connectivity index (χ3v) is 3.52. The Morgan fingerprint density at radius 1 is 1.12 bits per heavy atom. The Balaban J connectivity index is 3.02. The average Bonchev–Trinajstić information content (AvgIpc) is 2.32. The smallest absolute Gasteiger partial charge is 0.0550 e. The summed E-state index contributed by atoms with van der Waals surface area (Å²) < 4.78 is 0. The van der Waals surface area contributed by atoms with Crippen molar-refractivity contribution in [2.45, 2.75) is 39.0 Å². The van der Waals surface area contributed by atoms with Crippen LogP contribution < -0.4 is 0 Å². The van der Waals surface area contributed by atoms with Gasteiger partial charge < -0.3 is 10.2 Å². The second-order valence-electron chi connectivity index (χ2n) is 5.34. The van der Waals surface area contributed by atoms with E-state index >= 15 is 0 Å². The Bertz CT molecular complexity index is 341. The van der Waals surface area contributed by atoms with Crippen LogP contribution in [0.15, 0.2) is 24.3 Å². The lowest BCUT2D eigenvalue weighted by atomic mass is 9.75. The fourth-order valence-corrected chi connectivity index (χ4v) is 2.25. The molecule has 0 unspecified atom stereocenters. The molecular formula is C15H24O2. The average molecular weight is 236 g/mol. The van der Waals surface area contributed by atoms with Gasteiger partial charge in [-0.25, -0.2) is 0 Å². The highest BCUT2D eigenvalue weighted by molar-refractivity contribution is 5.33. The van der Waals surface area contributed by atoms with Crippen LogP contribution in [0.25, 0.3) is 0 Å². The summed E-state index contributed by atoms with van der Waals surface area (Å²) in [4.78, 5) is 0. The van der Waals surface area contributed by atoms with Gasteiger partial charge in [-0.15, -0.1) is 0 Å². The van der Waals surface area contributed by atoms with Crippen LogP contribution in [0.2, 0.25) is 0 Å². The summed E-state index contributed by atoms with van der Waals surface area (Å²) in [6.07, 6.45) is 1.83. The number of aliphatic hydroxyl groups excluding tert-OH is 2. The van der Waals surface area contributed by atoms with Crippen LogP contribution in [0, 0.1) is 12.8 Å². The number of aryl methyl sites for hydroxylation is 1. The standard InChI is InChI=1S/C15H24O2/c1-12(2)8-9-15(10-16,11-17)14-7-5-4-6-13(14)3/h4-7,12,16-17H,8-11H2,1-3H3. The van der Waals surface area contributed by atoms with E-state index in [0.717, 1.165) is 24.0 Å². The number of benzene rings is 1. The molecule has 0 saturated carbocycles. The zero-order valence-corrected chi connectivity index (χ0v) is 11.1. The highest BCUT2D eigenvalue weighted by atomic mass is 16.3. The Hall–Kier alpha value is -0.860. The van der Waals surface area contributed by atoms with E-state index in [0.29, 0.717) is 5.92 Å². The van der Waals surface area contributed by atoms with Gasteiger partial charge in [0.1, 0.15) is 0 Å². The van der Waals surface area contributed by atoms with Crippen LogP contribution in [0.5, 0.6) is 0 Å². The van der Waals surface area contributed by atoms with Gasteiger partial charge in [-0.1, -0.05) is 38.1 Å². The fourth-order valence-electron chi connectivity index (χ4n) is 2.25. The lowest BCUT2D eigenvalue weighted by Gasteiger charge is -2.32. The topological polar surface area (TPSA) is 40.5 Å². The molecule has 0 aliphatic rings. The van der Waals surface area contributed by atoms with Crippen molar-refractivity contribution in [3.8, 4) is 0 Å². The summed E-state index contributed by atoms with van der Waals surface area (Å²) in [6.45, 7) is 6.36. The zero-order valence-electron chi connectivity index (χ0n) is 11.1. The molecule has 0 amide bonds. The number of rotatable bonds is 6. The molecule has 0 radical (unpaired) electrons. The fraction of sp³-hybridized carbons (Fsp3) is 0.600. The highest BCUT2D eigenvalue weighted by Gasteiger charge is 2.31. The molecule has 0 spiro atoms. The van der Waals surface area contributed by atoms with E-state index in [1.54, 1.807) is 0 Å². The third kappa shape index (κ3) is 3.30. The van der Waals surface area contributed by atoms with Crippen molar-refractivity contribution >= 4 is 0 Å². The summed E-state index contributed by atoms with van der Waals surface area (Å²) in [7, 11) is 0. The van der Waals surface area contributed by atoms with Gasteiger partial charge in [-0.05, 0) is 36.8 Å². The second-order valence-corrected chi connectivity index (χ2v) is 5.34. The van der Waals surface area contributed by atoms with Crippen LogP contribution in [0.1, 0.15) is 37.8 Å². The van der Waals surface area contributed by atoms with Gasteiger partial charge in [0.2, 0.25) is 0 Å². The Morgan fingerprint density at radius 3 is 2.18 bits per heavy atom. The van der Waals surface area contributed by atoms with Crippen LogP contribution in [0.3, 0.4) is 0 Å².